The fourth-order valence-electron chi connectivity index (χ4n) is 6.79. The molecule has 0 amide bonds. The van der Waals surface area contributed by atoms with E-state index >= 15 is 0 Å². The maximum Gasteiger partial charge on any atom is 0.136 e. The lowest BCUT2D eigenvalue weighted by Gasteiger charge is -2.26. The number of anilines is 3. The van der Waals surface area contributed by atoms with E-state index in [0.717, 1.165) is 39.0 Å². The molecule has 0 atom stereocenters. The Morgan fingerprint density at radius 2 is 0.833 bits per heavy atom. The molecule has 0 aliphatic rings. The molecule has 0 spiro atoms. The first-order chi connectivity index (χ1) is 23.8. The molecule has 48 heavy (non-hydrogen) atoms. The predicted octanol–water partition coefficient (Wildman–Crippen LogP) is 13.2. The molecule has 9 rings (SSSR count). The number of rotatable bonds is 6. The molecule has 0 saturated carbocycles. The number of fused-ring (bicyclic) bond motifs is 4. The van der Waals surface area contributed by atoms with Gasteiger partial charge in [0.25, 0.3) is 0 Å². The molecule has 0 bridgehead atoms. The van der Waals surface area contributed by atoms with Crippen molar-refractivity contribution >= 4 is 49.8 Å². The summed E-state index contributed by atoms with van der Waals surface area (Å²) < 4.78 is 6.13. The van der Waals surface area contributed by atoms with Crippen molar-refractivity contribution in [2.45, 2.75) is 0 Å². The first kappa shape index (κ1) is 27.9. The van der Waals surface area contributed by atoms with Crippen LogP contribution in [0.2, 0.25) is 0 Å². The highest BCUT2D eigenvalue weighted by Gasteiger charge is 2.14. The van der Waals surface area contributed by atoms with Gasteiger partial charge in [-0.15, -0.1) is 0 Å². The second kappa shape index (κ2) is 11.8. The molecule has 1 heterocycles. The fraction of sp³-hybridized carbons (Fsp3) is 0. The third-order valence-corrected chi connectivity index (χ3v) is 9.24. The summed E-state index contributed by atoms with van der Waals surface area (Å²) in [6.45, 7) is 0. The molecular formula is C46H31NO. The molecule has 0 radical (unpaired) electrons. The first-order valence-electron chi connectivity index (χ1n) is 16.3. The lowest BCUT2D eigenvalue weighted by Crippen LogP contribution is -2.09. The standard InChI is InChI=1S/C46H31NO/c1-3-10-32(11-4-1)33-18-20-34(21-19-33)36-12-9-15-42(29-36)47(40-13-5-2-6-14-40)41-26-24-35(25-27-41)37-22-23-38-31-46-44(30-39(38)28-37)43-16-7-8-17-45(43)48-46/h1-31H. The molecule has 1 aromatic heterocycles. The second-order valence-corrected chi connectivity index (χ2v) is 12.2. The lowest BCUT2D eigenvalue weighted by atomic mass is 9.99. The van der Waals surface area contributed by atoms with Gasteiger partial charge < -0.3 is 9.32 Å². The van der Waals surface area contributed by atoms with Gasteiger partial charge in [0.1, 0.15) is 11.2 Å². The topological polar surface area (TPSA) is 16.4 Å². The summed E-state index contributed by atoms with van der Waals surface area (Å²) in [5, 5.41) is 4.68. The van der Waals surface area contributed by atoms with Crippen molar-refractivity contribution in [2.24, 2.45) is 0 Å². The zero-order valence-corrected chi connectivity index (χ0v) is 26.3. The molecule has 226 valence electrons. The SMILES string of the molecule is c1ccc(-c2ccc(-c3cccc(N(c4ccccc4)c4ccc(-c5ccc6cc7oc8ccccc8c7cc6c5)cc4)c3)cc2)cc1. The van der Waals surface area contributed by atoms with Crippen molar-refractivity contribution in [1.82, 2.24) is 0 Å². The highest BCUT2D eigenvalue weighted by atomic mass is 16.3. The average molecular weight is 614 g/mol. The Balaban J connectivity index is 1.06. The monoisotopic (exact) mass is 613 g/mol. The Bertz CT molecular complexity index is 2530. The van der Waals surface area contributed by atoms with E-state index in [2.05, 4.69) is 181 Å². The van der Waals surface area contributed by atoms with E-state index in [4.69, 9.17) is 4.42 Å². The van der Waals surface area contributed by atoms with Gasteiger partial charge in [0.05, 0.1) is 0 Å². The molecule has 2 heteroatoms. The van der Waals surface area contributed by atoms with E-state index in [1.807, 2.05) is 12.1 Å². The van der Waals surface area contributed by atoms with Crippen LogP contribution in [0.1, 0.15) is 0 Å². The summed E-state index contributed by atoms with van der Waals surface area (Å²) in [6, 6.07) is 67.0. The van der Waals surface area contributed by atoms with Crippen molar-refractivity contribution in [3.05, 3.63) is 188 Å². The number of para-hydroxylation sites is 2. The number of hydrogen-bond donors (Lipinski definition) is 0. The summed E-state index contributed by atoms with van der Waals surface area (Å²) in [5.74, 6) is 0. The molecule has 0 aliphatic heterocycles. The minimum Gasteiger partial charge on any atom is -0.456 e. The van der Waals surface area contributed by atoms with Gasteiger partial charge in [0.2, 0.25) is 0 Å². The summed E-state index contributed by atoms with van der Waals surface area (Å²) >= 11 is 0. The van der Waals surface area contributed by atoms with Crippen molar-refractivity contribution in [2.75, 3.05) is 4.90 Å². The normalized spacial score (nSPS) is 11.3. The summed E-state index contributed by atoms with van der Waals surface area (Å²) in [7, 11) is 0. The van der Waals surface area contributed by atoms with Crippen molar-refractivity contribution in [1.29, 1.82) is 0 Å². The van der Waals surface area contributed by atoms with Gasteiger partial charge in [-0.25, -0.2) is 0 Å². The van der Waals surface area contributed by atoms with Gasteiger partial charge in [0, 0.05) is 27.8 Å². The minimum atomic E-state index is 0.924. The van der Waals surface area contributed by atoms with E-state index in [1.54, 1.807) is 0 Å². The van der Waals surface area contributed by atoms with Crippen LogP contribution >= 0.6 is 0 Å². The van der Waals surface area contributed by atoms with Crippen LogP contribution in [0.4, 0.5) is 17.1 Å². The first-order valence-corrected chi connectivity index (χ1v) is 16.3. The Morgan fingerprint density at radius 3 is 1.60 bits per heavy atom. The van der Waals surface area contributed by atoms with Gasteiger partial charge in [-0.05, 0) is 105 Å². The molecule has 0 fully saturated rings. The van der Waals surface area contributed by atoms with E-state index < -0.39 is 0 Å². The van der Waals surface area contributed by atoms with Gasteiger partial charge in [-0.3, -0.25) is 0 Å². The van der Waals surface area contributed by atoms with Gasteiger partial charge in [-0.2, -0.15) is 0 Å². The minimum absolute atomic E-state index is 0.924. The maximum atomic E-state index is 6.13. The summed E-state index contributed by atoms with van der Waals surface area (Å²) in [6.07, 6.45) is 0. The van der Waals surface area contributed by atoms with Crippen LogP contribution in [0.5, 0.6) is 0 Å². The molecule has 9 aromatic rings. The van der Waals surface area contributed by atoms with Crippen LogP contribution in [-0.4, -0.2) is 0 Å². The Morgan fingerprint density at radius 1 is 0.292 bits per heavy atom. The van der Waals surface area contributed by atoms with Crippen LogP contribution in [0, 0.1) is 0 Å². The zero-order chi connectivity index (χ0) is 31.9. The molecule has 0 unspecified atom stereocenters. The number of hydrogen-bond acceptors (Lipinski definition) is 2. The number of benzene rings is 8. The van der Waals surface area contributed by atoms with Crippen molar-refractivity contribution in [3.8, 4) is 33.4 Å². The highest BCUT2D eigenvalue weighted by molar-refractivity contribution is 6.10. The highest BCUT2D eigenvalue weighted by Crippen LogP contribution is 2.38. The third kappa shape index (κ3) is 5.10. The smallest absolute Gasteiger partial charge is 0.136 e. The van der Waals surface area contributed by atoms with Crippen LogP contribution in [-0.2, 0) is 0 Å². The quantitative estimate of drug-likeness (QED) is 0.185. The maximum absolute atomic E-state index is 6.13. The van der Waals surface area contributed by atoms with Crippen LogP contribution < -0.4 is 4.90 Å². The van der Waals surface area contributed by atoms with Crippen LogP contribution in [0.3, 0.4) is 0 Å². The Hall–Kier alpha value is -6.38. The molecule has 0 N–H and O–H groups in total. The Kier molecular flexibility index (Phi) is 6.84. The number of furan rings is 1. The van der Waals surface area contributed by atoms with E-state index in [0.29, 0.717) is 0 Å². The molecule has 0 aliphatic carbocycles. The molecule has 2 nitrogen and oxygen atoms in total. The second-order valence-electron chi connectivity index (χ2n) is 12.2. The van der Waals surface area contributed by atoms with Crippen LogP contribution in [0.15, 0.2) is 192 Å². The van der Waals surface area contributed by atoms with Gasteiger partial charge in [-0.1, -0.05) is 127 Å². The molecule has 0 saturated heterocycles. The molecule has 8 aromatic carbocycles. The third-order valence-electron chi connectivity index (χ3n) is 9.24. The van der Waals surface area contributed by atoms with E-state index in [1.165, 1.54) is 44.2 Å². The van der Waals surface area contributed by atoms with Gasteiger partial charge in [0.15, 0.2) is 0 Å². The van der Waals surface area contributed by atoms with Crippen LogP contribution in [0.25, 0.3) is 66.1 Å². The van der Waals surface area contributed by atoms with Crippen molar-refractivity contribution < 1.29 is 4.42 Å². The lowest BCUT2D eigenvalue weighted by molar-refractivity contribution is 0.669. The predicted molar refractivity (Wildman–Crippen MR) is 202 cm³/mol. The summed E-state index contributed by atoms with van der Waals surface area (Å²) in [5.41, 5.74) is 12.4. The van der Waals surface area contributed by atoms with Crippen molar-refractivity contribution in [3.63, 3.8) is 0 Å². The van der Waals surface area contributed by atoms with E-state index in [-0.39, 0.29) is 0 Å². The average Bonchev–Trinajstić information content (AvgIpc) is 3.52. The number of nitrogens with zero attached hydrogens (tertiary/aromatic N) is 1. The Labute approximate surface area is 279 Å². The zero-order valence-electron chi connectivity index (χ0n) is 26.3. The fourth-order valence-corrected chi connectivity index (χ4v) is 6.79. The largest absolute Gasteiger partial charge is 0.456 e. The summed E-state index contributed by atoms with van der Waals surface area (Å²) in [4.78, 5) is 2.33. The molecular weight excluding hydrogens is 583 g/mol. The van der Waals surface area contributed by atoms with Gasteiger partial charge >= 0.3 is 0 Å². The van der Waals surface area contributed by atoms with E-state index in [9.17, 15) is 0 Å².